The summed E-state index contributed by atoms with van der Waals surface area (Å²) < 4.78 is 60.3. The van der Waals surface area contributed by atoms with Crippen molar-refractivity contribution < 1.29 is 22.3 Å². The summed E-state index contributed by atoms with van der Waals surface area (Å²) in [6, 6.07) is 2.08. The van der Waals surface area contributed by atoms with Gasteiger partial charge in [0.2, 0.25) is 0 Å². The number of methoxy groups -OCH3 is 1. The van der Waals surface area contributed by atoms with Crippen LogP contribution in [0.2, 0.25) is 0 Å². The molecule has 0 saturated heterocycles. The second-order valence-electron chi connectivity index (χ2n) is 4.71. The van der Waals surface area contributed by atoms with Crippen LogP contribution >= 0.6 is 0 Å². The van der Waals surface area contributed by atoms with Crippen molar-refractivity contribution >= 4 is 5.83 Å². The summed E-state index contributed by atoms with van der Waals surface area (Å²) in [5.74, 6) is -5.06. The Labute approximate surface area is 114 Å². The molecule has 1 atom stereocenters. The fourth-order valence-corrected chi connectivity index (χ4v) is 2.55. The lowest BCUT2D eigenvalue weighted by molar-refractivity contribution is 0.134. The monoisotopic (exact) mass is 289 g/mol. The molecular formula is C14H15F4NO. The summed E-state index contributed by atoms with van der Waals surface area (Å²) in [5.41, 5.74) is -2.04. The van der Waals surface area contributed by atoms with Gasteiger partial charge in [0.15, 0.2) is 23.3 Å². The van der Waals surface area contributed by atoms with E-state index in [0.29, 0.717) is 6.54 Å². The Kier molecular flexibility index (Phi) is 4.15. The van der Waals surface area contributed by atoms with Crippen molar-refractivity contribution in [3.63, 3.8) is 0 Å². The minimum Gasteiger partial charge on any atom is -0.383 e. The minimum atomic E-state index is -1.46. The Morgan fingerprint density at radius 2 is 1.90 bits per heavy atom. The number of hydrogen-bond acceptors (Lipinski definition) is 2. The molecule has 1 aromatic carbocycles. The lowest BCUT2D eigenvalue weighted by Crippen LogP contribution is -2.41. The molecule has 0 aromatic heterocycles. The molecule has 0 amide bonds. The van der Waals surface area contributed by atoms with E-state index in [-0.39, 0.29) is 18.7 Å². The largest absolute Gasteiger partial charge is 0.383 e. The maximum atomic E-state index is 14.3. The zero-order valence-electron chi connectivity index (χ0n) is 11.2. The zero-order chi connectivity index (χ0) is 14.9. The van der Waals surface area contributed by atoms with Gasteiger partial charge in [0, 0.05) is 13.7 Å². The molecule has 0 saturated carbocycles. The van der Waals surface area contributed by atoms with Crippen molar-refractivity contribution in [1.29, 1.82) is 0 Å². The second kappa shape index (κ2) is 5.54. The average molecular weight is 289 g/mol. The first-order valence-electron chi connectivity index (χ1n) is 6.23. The number of benzene rings is 1. The highest BCUT2D eigenvalue weighted by Crippen LogP contribution is 2.49. The average Bonchev–Trinajstić information content (AvgIpc) is 2.64. The molecule has 6 heteroatoms. The third kappa shape index (κ3) is 2.03. The molecule has 1 N–H and O–H groups in total. The van der Waals surface area contributed by atoms with E-state index in [2.05, 4.69) is 5.32 Å². The van der Waals surface area contributed by atoms with Gasteiger partial charge in [-0.3, -0.25) is 0 Å². The van der Waals surface area contributed by atoms with E-state index in [1.807, 2.05) is 0 Å². The highest BCUT2D eigenvalue weighted by atomic mass is 19.2. The molecule has 0 spiro atoms. The zero-order valence-corrected chi connectivity index (χ0v) is 11.2. The number of nitrogens with one attached hydrogen (secondary N) is 1. The van der Waals surface area contributed by atoms with Crippen LogP contribution < -0.4 is 5.32 Å². The summed E-state index contributed by atoms with van der Waals surface area (Å²) in [6.45, 7) is 2.20. The van der Waals surface area contributed by atoms with Gasteiger partial charge in [-0.15, -0.1) is 0 Å². The smallest absolute Gasteiger partial charge is 0.169 e. The van der Waals surface area contributed by atoms with Gasteiger partial charge in [-0.25, -0.2) is 17.6 Å². The summed E-state index contributed by atoms with van der Waals surface area (Å²) in [4.78, 5) is 0. The van der Waals surface area contributed by atoms with E-state index in [4.69, 9.17) is 4.74 Å². The van der Waals surface area contributed by atoms with E-state index in [0.717, 1.165) is 6.07 Å². The van der Waals surface area contributed by atoms with Gasteiger partial charge in [-0.2, -0.15) is 0 Å². The van der Waals surface area contributed by atoms with Crippen LogP contribution in [0, 0.1) is 11.6 Å². The first-order valence-corrected chi connectivity index (χ1v) is 6.23. The van der Waals surface area contributed by atoms with Crippen molar-refractivity contribution in [2.45, 2.75) is 12.3 Å². The molecule has 0 bridgehead atoms. The van der Waals surface area contributed by atoms with Crippen LogP contribution in [0.1, 0.15) is 18.1 Å². The maximum Gasteiger partial charge on any atom is 0.169 e. The fourth-order valence-electron chi connectivity index (χ4n) is 2.55. The molecule has 1 aliphatic rings. The quantitative estimate of drug-likeness (QED) is 0.841. The second-order valence-corrected chi connectivity index (χ2v) is 4.71. The third-order valence-corrected chi connectivity index (χ3v) is 3.51. The van der Waals surface area contributed by atoms with Crippen LogP contribution in [-0.2, 0) is 10.2 Å². The molecule has 1 aliphatic carbocycles. The standard InChI is InChI=1S/C14H15F4NO/c1-3-19-6-14(7-20-2)8-4-5-9(15)11(16)10(8)12(17)13(14)18/h4-5,19H,3,6-7H2,1-2H3. The van der Waals surface area contributed by atoms with Crippen molar-refractivity contribution in [1.82, 2.24) is 5.32 Å². The van der Waals surface area contributed by atoms with Crippen molar-refractivity contribution in [3.05, 3.63) is 40.7 Å². The third-order valence-electron chi connectivity index (χ3n) is 3.51. The summed E-state index contributed by atoms with van der Waals surface area (Å²) in [5, 5.41) is 2.90. The first-order chi connectivity index (χ1) is 9.49. The Bertz CT molecular complexity index is 558. The number of fused-ring (bicyclic) bond motifs is 1. The predicted octanol–water partition coefficient (Wildman–Crippen LogP) is 3.08. The Morgan fingerprint density at radius 3 is 2.50 bits per heavy atom. The van der Waals surface area contributed by atoms with Gasteiger partial charge >= 0.3 is 0 Å². The van der Waals surface area contributed by atoms with E-state index < -0.39 is 34.3 Å². The highest BCUT2D eigenvalue weighted by molar-refractivity contribution is 5.75. The molecular weight excluding hydrogens is 274 g/mol. The molecule has 0 heterocycles. The Balaban J connectivity index is 2.64. The van der Waals surface area contributed by atoms with E-state index in [1.54, 1.807) is 6.92 Å². The first kappa shape index (κ1) is 15.0. The minimum absolute atomic E-state index is 0.0364. The van der Waals surface area contributed by atoms with Crippen molar-refractivity contribution in [2.75, 3.05) is 26.8 Å². The van der Waals surface area contributed by atoms with Gasteiger partial charge in [0.25, 0.3) is 0 Å². The van der Waals surface area contributed by atoms with Gasteiger partial charge in [-0.05, 0) is 18.2 Å². The molecule has 1 unspecified atom stereocenters. The van der Waals surface area contributed by atoms with Gasteiger partial charge in [-0.1, -0.05) is 13.0 Å². The molecule has 1 aromatic rings. The molecule has 0 radical (unpaired) electrons. The van der Waals surface area contributed by atoms with Gasteiger partial charge < -0.3 is 10.1 Å². The summed E-state index contributed by atoms with van der Waals surface area (Å²) in [7, 11) is 1.34. The van der Waals surface area contributed by atoms with Crippen LogP contribution in [-0.4, -0.2) is 26.8 Å². The molecule has 0 fully saturated rings. The van der Waals surface area contributed by atoms with Crippen molar-refractivity contribution in [2.24, 2.45) is 0 Å². The predicted molar refractivity (Wildman–Crippen MR) is 67.6 cm³/mol. The topological polar surface area (TPSA) is 21.3 Å². The van der Waals surface area contributed by atoms with E-state index in [1.165, 1.54) is 13.2 Å². The van der Waals surface area contributed by atoms with E-state index in [9.17, 15) is 17.6 Å². The molecule has 0 aliphatic heterocycles. The lowest BCUT2D eigenvalue weighted by Gasteiger charge is -2.29. The number of hydrogen-bond donors (Lipinski definition) is 1. The Morgan fingerprint density at radius 1 is 1.20 bits per heavy atom. The Hall–Kier alpha value is -1.40. The normalized spacial score (nSPS) is 21.5. The van der Waals surface area contributed by atoms with Crippen LogP contribution in [0.3, 0.4) is 0 Å². The number of likely N-dealkylation sites (N-methyl/N-ethyl adjacent to an activating group) is 1. The molecule has 20 heavy (non-hydrogen) atoms. The lowest BCUT2D eigenvalue weighted by atomic mass is 9.82. The molecule has 2 rings (SSSR count). The molecule has 110 valence electrons. The van der Waals surface area contributed by atoms with Crippen LogP contribution in [0.4, 0.5) is 17.6 Å². The van der Waals surface area contributed by atoms with Crippen LogP contribution in [0.5, 0.6) is 0 Å². The van der Waals surface area contributed by atoms with E-state index >= 15 is 0 Å². The van der Waals surface area contributed by atoms with Crippen LogP contribution in [0.25, 0.3) is 5.83 Å². The summed E-state index contributed by atoms with van der Waals surface area (Å²) >= 11 is 0. The van der Waals surface area contributed by atoms with Gasteiger partial charge in [0.1, 0.15) is 0 Å². The maximum absolute atomic E-state index is 14.3. The van der Waals surface area contributed by atoms with Crippen molar-refractivity contribution in [3.8, 4) is 0 Å². The number of halogens is 4. The number of ether oxygens (including phenoxy) is 1. The summed E-state index contributed by atoms with van der Waals surface area (Å²) in [6.07, 6.45) is 0. The van der Waals surface area contributed by atoms with Gasteiger partial charge in [0.05, 0.1) is 17.6 Å². The SMILES string of the molecule is CCNCC1(COC)C(F)=C(F)c2c1ccc(F)c2F. The molecule has 2 nitrogen and oxygen atoms in total. The van der Waals surface area contributed by atoms with Crippen LogP contribution in [0.15, 0.2) is 18.0 Å². The number of rotatable bonds is 5. The fraction of sp³-hybridized carbons (Fsp3) is 0.429. The highest BCUT2D eigenvalue weighted by Gasteiger charge is 2.48.